The molecular formula is C13H17N3O4S. The molecule has 0 aliphatic carbocycles. The predicted molar refractivity (Wildman–Crippen MR) is 76.1 cm³/mol. The van der Waals surface area contributed by atoms with Gasteiger partial charge in [0.25, 0.3) is 0 Å². The fourth-order valence-corrected chi connectivity index (χ4v) is 3.62. The molecule has 114 valence electrons. The normalized spacial score (nSPS) is 17.1. The van der Waals surface area contributed by atoms with Crippen molar-refractivity contribution in [3.8, 4) is 0 Å². The maximum absolute atomic E-state index is 12.6. The first kappa shape index (κ1) is 15.5. The molecule has 1 saturated heterocycles. The molecule has 2 rings (SSSR count). The number of nitrogens with zero attached hydrogens (tertiary/aromatic N) is 1. The molecule has 0 bridgehead atoms. The number of carbonyl (C=O) groups is 2. The van der Waals surface area contributed by atoms with Gasteiger partial charge in [-0.05, 0) is 31.0 Å². The zero-order valence-corrected chi connectivity index (χ0v) is 12.4. The monoisotopic (exact) mass is 311 g/mol. The Balaban J connectivity index is 2.41. The molecule has 2 amide bonds. The van der Waals surface area contributed by atoms with E-state index in [1.54, 1.807) is 6.92 Å². The van der Waals surface area contributed by atoms with Crippen LogP contribution >= 0.6 is 0 Å². The molecule has 8 heteroatoms. The van der Waals surface area contributed by atoms with Crippen LogP contribution in [0.5, 0.6) is 0 Å². The van der Waals surface area contributed by atoms with Crippen molar-refractivity contribution in [3.63, 3.8) is 0 Å². The van der Waals surface area contributed by atoms with Gasteiger partial charge in [0.1, 0.15) is 0 Å². The smallest absolute Gasteiger partial charge is 0.249 e. The lowest BCUT2D eigenvalue weighted by Gasteiger charge is -2.19. The molecule has 0 unspecified atom stereocenters. The Bertz CT molecular complexity index is 685. The maximum atomic E-state index is 12.6. The van der Waals surface area contributed by atoms with Gasteiger partial charge in [-0.1, -0.05) is 6.07 Å². The minimum atomic E-state index is -3.83. The first-order valence-corrected chi connectivity index (χ1v) is 7.93. The Morgan fingerprint density at radius 1 is 1.38 bits per heavy atom. The Labute approximate surface area is 123 Å². The van der Waals surface area contributed by atoms with Crippen LogP contribution in [0, 0.1) is 6.92 Å². The molecule has 1 fully saturated rings. The van der Waals surface area contributed by atoms with Gasteiger partial charge in [-0.2, -0.15) is 4.31 Å². The van der Waals surface area contributed by atoms with Gasteiger partial charge in [0.2, 0.25) is 21.8 Å². The average Bonchev–Trinajstić information content (AvgIpc) is 2.63. The second-order valence-corrected chi connectivity index (χ2v) is 6.82. The third-order valence-corrected chi connectivity index (χ3v) is 5.18. The number of benzene rings is 1. The third-order valence-electron chi connectivity index (χ3n) is 3.34. The van der Waals surface area contributed by atoms with E-state index in [4.69, 9.17) is 5.73 Å². The minimum Gasteiger partial charge on any atom is -0.366 e. The van der Waals surface area contributed by atoms with E-state index >= 15 is 0 Å². The summed E-state index contributed by atoms with van der Waals surface area (Å²) >= 11 is 0. The highest BCUT2D eigenvalue weighted by Crippen LogP contribution is 2.20. The van der Waals surface area contributed by atoms with Crippen molar-refractivity contribution < 1.29 is 18.0 Å². The molecular weight excluding hydrogens is 294 g/mol. The predicted octanol–water partition coefficient (Wildman–Crippen LogP) is -0.395. The topological polar surface area (TPSA) is 110 Å². The zero-order valence-electron chi connectivity index (χ0n) is 11.6. The van der Waals surface area contributed by atoms with Crippen molar-refractivity contribution in [2.24, 2.45) is 5.73 Å². The number of aryl methyl sites for hydroxylation is 1. The van der Waals surface area contributed by atoms with Crippen molar-refractivity contribution in [2.75, 3.05) is 19.6 Å². The second-order valence-electron chi connectivity index (χ2n) is 4.88. The summed E-state index contributed by atoms with van der Waals surface area (Å²) in [5.74, 6) is -1.02. The molecule has 1 aliphatic heterocycles. The number of primary amides is 1. The Hall–Kier alpha value is -1.93. The average molecular weight is 311 g/mol. The van der Waals surface area contributed by atoms with Crippen molar-refractivity contribution >= 4 is 21.8 Å². The lowest BCUT2D eigenvalue weighted by atomic mass is 10.1. The van der Waals surface area contributed by atoms with E-state index in [1.807, 2.05) is 0 Å². The Kier molecular flexibility index (Phi) is 4.29. The van der Waals surface area contributed by atoms with Gasteiger partial charge < -0.3 is 11.1 Å². The van der Waals surface area contributed by atoms with Gasteiger partial charge in [-0.3, -0.25) is 9.59 Å². The van der Waals surface area contributed by atoms with Crippen LogP contribution < -0.4 is 11.1 Å². The Morgan fingerprint density at radius 2 is 2.10 bits per heavy atom. The largest absolute Gasteiger partial charge is 0.366 e. The lowest BCUT2D eigenvalue weighted by molar-refractivity contribution is -0.120. The number of amides is 2. The van der Waals surface area contributed by atoms with Crippen LogP contribution in [-0.2, 0) is 14.8 Å². The molecule has 1 heterocycles. The highest BCUT2D eigenvalue weighted by atomic mass is 32.2. The number of sulfonamides is 1. The molecule has 1 aromatic rings. The summed E-state index contributed by atoms with van der Waals surface area (Å²) in [5.41, 5.74) is 6.01. The van der Waals surface area contributed by atoms with Gasteiger partial charge in [-0.25, -0.2) is 8.42 Å². The van der Waals surface area contributed by atoms with E-state index in [0.717, 1.165) is 4.31 Å². The van der Waals surface area contributed by atoms with Crippen molar-refractivity contribution in [1.82, 2.24) is 9.62 Å². The van der Waals surface area contributed by atoms with Gasteiger partial charge >= 0.3 is 0 Å². The summed E-state index contributed by atoms with van der Waals surface area (Å²) in [4.78, 5) is 22.8. The van der Waals surface area contributed by atoms with Crippen LogP contribution in [0.4, 0.5) is 0 Å². The summed E-state index contributed by atoms with van der Waals surface area (Å²) in [6.45, 7) is 2.16. The van der Waals surface area contributed by atoms with Crippen LogP contribution in [0.1, 0.15) is 22.3 Å². The molecule has 0 spiro atoms. The summed E-state index contributed by atoms with van der Waals surface area (Å²) < 4.78 is 26.2. The van der Waals surface area contributed by atoms with E-state index < -0.39 is 15.9 Å². The molecule has 0 aromatic heterocycles. The maximum Gasteiger partial charge on any atom is 0.249 e. The second kappa shape index (κ2) is 5.82. The zero-order chi connectivity index (χ0) is 15.6. The van der Waals surface area contributed by atoms with Crippen molar-refractivity contribution in [3.05, 3.63) is 29.3 Å². The van der Waals surface area contributed by atoms with Gasteiger partial charge in [0.05, 0.1) is 11.4 Å². The first-order chi connectivity index (χ1) is 9.82. The molecule has 7 nitrogen and oxygen atoms in total. The van der Waals surface area contributed by atoms with E-state index in [1.165, 1.54) is 18.2 Å². The standard InChI is InChI=1S/C13H17N3O4S/c1-9-3-4-10(7-11(9)13(14)18)21(19,20)16-6-2-5-15-12(17)8-16/h3-4,7H,2,5-6,8H2,1H3,(H2,14,18)(H,15,17). The fraction of sp³-hybridized carbons (Fsp3) is 0.385. The summed E-state index contributed by atoms with van der Waals surface area (Å²) in [7, 11) is -3.83. The van der Waals surface area contributed by atoms with Gasteiger partial charge in [-0.15, -0.1) is 0 Å². The molecule has 0 atom stereocenters. The van der Waals surface area contributed by atoms with Crippen LogP contribution in [0.2, 0.25) is 0 Å². The summed E-state index contributed by atoms with van der Waals surface area (Å²) in [5, 5.41) is 2.62. The lowest BCUT2D eigenvalue weighted by Crippen LogP contribution is -2.37. The quantitative estimate of drug-likeness (QED) is 0.791. The molecule has 0 radical (unpaired) electrons. The minimum absolute atomic E-state index is 0.0309. The van der Waals surface area contributed by atoms with Crippen LogP contribution in [0.3, 0.4) is 0 Å². The third kappa shape index (κ3) is 3.22. The molecule has 1 aliphatic rings. The van der Waals surface area contributed by atoms with E-state index in [9.17, 15) is 18.0 Å². The Morgan fingerprint density at radius 3 is 2.76 bits per heavy atom. The van der Waals surface area contributed by atoms with Gasteiger partial charge in [0.15, 0.2) is 0 Å². The highest BCUT2D eigenvalue weighted by Gasteiger charge is 2.28. The number of carbonyl (C=O) groups excluding carboxylic acids is 2. The van der Waals surface area contributed by atoms with E-state index in [2.05, 4.69) is 5.32 Å². The number of nitrogens with two attached hydrogens (primary N) is 1. The number of hydrogen-bond donors (Lipinski definition) is 2. The summed E-state index contributed by atoms with van der Waals surface area (Å²) in [6, 6.07) is 4.21. The number of nitrogens with one attached hydrogen (secondary N) is 1. The van der Waals surface area contributed by atoms with Crippen LogP contribution in [0.15, 0.2) is 23.1 Å². The molecule has 3 N–H and O–H groups in total. The fourth-order valence-electron chi connectivity index (χ4n) is 2.16. The molecule has 0 saturated carbocycles. The molecule has 1 aromatic carbocycles. The van der Waals surface area contributed by atoms with Crippen LogP contribution in [-0.4, -0.2) is 44.2 Å². The number of hydrogen-bond acceptors (Lipinski definition) is 4. The van der Waals surface area contributed by atoms with Crippen molar-refractivity contribution in [1.29, 1.82) is 0 Å². The highest BCUT2D eigenvalue weighted by molar-refractivity contribution is 7.89. The number of rotatable bonds is 3. The van der Waals surface area contributed by atoms with E-state index in [0.29, 0.717) is 18.5 Å². The van der Waals surface area contributed by atoms with Crippen LogP contribution in [0.25, 0.3) is 0 Å². The first-order valence-electron chi connectivity index (χ1n) is 6.49. The summed E-state index contributed by atoms with van der Waals surface area (Å²) in [6.07, 6.45) is 0.541. The van der Waals surface area contributed by atoms with Gasteiger partial charge in [0, 0.05) is 18.7 Å². The molecule has 21 heavy (non-hydrogen) atoms. The SMILES string of the molecule is Cc1ccc(S(=O)(=O)N2CCCNC(=O)C2)cc1C(N)=O. The van der Waals surface area contributed by atoms with Crippen molar-refractivity contribution in [2.45, 2.75) is 18.2 Å². The van der Waals surface area contributed by atoms with E-state index in [-0.39, 0.29) is 29.5 Å².